The largest absolute Gasteiger partial charge is 0.378 e. The monoisotopic (exact) mass is 424 g/mol. The average molecular weight is 425 g/mol. The van der Waals surface area contributed by atoms with Gasteiger partial charge < -0.3 is 19.1 Å². The van der Waals surface area contributed by atoms with Gasteiger partial charge >= 0.3 is 6.03 Å². The number of aromatic nitrogens is 3. The van der Waals surface area contributed by atoms with Gasteiger partial charge in [-0.2, -0.15) is 0 Å². The zero-order chi connectivity index (χ0) is 21.3. The van der Waals surface area contributed by atoms with Crippen molar-refractivity contribution in [1.82, 2.24) is 29.5 Å². The number of benzene rings is 1. The van der Waals surface area contributed by atoms with Gasteiger partial charge in [-0.05, 0) is 23.8 Å². The van der Waals surface area contributed by atoms with Crippen LogP contribution >= 0.6 is 0 Å². The van der Waals surface area contributed by atoms with E-state index >= 15 is 0 Å². The number of amides is 2. The Hall–Kier alpha value is -2.45. The van der Waals surface area contributed by atoms with Crippen LogP contribution in [0, 0.1) is 5.41 Å². The quantitative estimate of drug-likeness (QED) is 0.754. The fraction of sp³-hybridized carbons (Fsp3) is 0.609. The van der Waals surface area contributed by atoms with Crippen molar-refractivity contribution in [2.75, 3.05) is 52.5 Å². The molecule has 3 aliphatic rings. The number of nitrogens with zero attached hydrogens (tertiary/aromatic N) is 6. The number of carbonyl (C=O) groups is 1. The highest BCUT2D eigenvalue weighted by molar-refractivity contribution is 5.74. The van der Waals surface area contributed by atoms with Crippen molar-refractivity contribution in [1.29, 1.82) is 0 Å². The lowest BCUT2D eigenvalue weighted by Gasteiger charge is -2.44. The van der Waals surface area contributed by atoms with Gasteiger partial charge in [0, 0.05) is 58.8 Å². The van der Waals surface area contributed by atoms with Gasteiger partial charge in [0.1, 0.15) is 12.2 Å². The zero-order valence-electron chi connectivity index (χ0n) is 18.3. The first-order valence-corrected chi connectivity index (χ1v) is 11.4. The SMILES string of the molecule is Cn1cnnc1C1CN(Cc2ccccc2)CC12CCN(C(=O)N1CCOCC1)CC2. The van der Waals surface area contributed by atoms with Crippen molar-refractivity contribution in [2.45, 2.75) is 25.3 Å². The topological polar surface area (TPSA) is 66.7 Å². The molecule has 0 saturated carbocycles. The maximum absolute atomic E-state index is 13.0. The van der Waals surface area contributed by atoms with Crippen LogP contribution in [0.5, 0.6) is 0 Å². The Morgan fingerprint density at radius 2 is 1.81 bits per heavy atom. The second-order valence-electron chi connectivity index (χ2n) is 9.24. The van der Waals surface area contributed by atoms with Gasteiger partial charge in [-0.3, -0.25) is 4.90 Å². The van der Waals surface area contributed by atoms with Crippen molar-refractivity contribution in [3.05, 3.63) is 48.0 Å². The van der Waals surface area contributed by atoms with Crippen LogP contribution in [0.4, 0.5) is 4.79 Å². The van der Waals surface area contributed by atoms with Crippen LogP contribution in [0.3, 0.4) is 0 Å². The number of urea groups is 1. The van der Waals surface area contributed by atoms with Crippen molar-refractivity contribution in [3.63, 3.8) is 0 Å². The number of ether oxygens (including phenoxy) is 1. The molecule has 1 spiro atoms. The molecule has 1 aromatic heterocycles. The number of piperidine rings is 1. The van der Waals surface area contributed by atoms with Gasteiger partial charge in [-0.1, -0.05) is 30.3 Å². The highest BCUT2D eigenvalue weighted by atomic mass is 16.5. The van der Waals surface area contributed by atoms with E-state index in [1.807, 2.05) is 16.8 Å². The Labute approximate surface area is 183 Å². The summed E-state index contributed by atoms with van der Waals surface area (Å²) in [6.45, 7) is 7.29. The molecule has 0 radical (unpaired) electrons. The fourth-order valence-electron chi connectivity index (χ4n) is 5.60. The summed E-state index contributed by atoms with van der Waals surface area (Å²) in [7, 11) is 2.04. The van der Waals surface area contributed by atoms with Crippen LogP contribution in [-0.2, 0) is 18.3 Å². The molecule has 3 aliphatic heterocycles. The van der Waals surface area contributed by atoms with Crippen molar-refractivity contribution < 1.29 is 9.53 Å². The standard InChI is InChI=1S/C23H32N6O2/c1-26-18-24-25-21(26)20-16-27(15-19-5-3-2-4-6-19)17-23(20)7-9-28(10-8-23)22(30)29-11-13-31-14-12-29/h2-6,18,20H,7-17H2,1H3. The summed E-state index contributed by atoms with van der Waals surface area (Å²) in [5, 5.41) is 8.67. The van der Waals surface area contributed by atoms with E-state index in [0.29, 0.717) is 32.2 Å². The summed E-state index contributed by atoms with van der Waals surface area (Å²) in [6.07, 6.45) is 3.82. The summed E-state index contributed by atoms with van der Waals surface area (Å²) >= 11 is 0. The number of aryl methyl sites for hydroxylation is 1. The molecule has 3 fully saturated rings. The number of hydrogen-bond donors (Lipinski definition) is 0. The Balaban J connectivity index is 1.32. The average Bonchev–Trinajstić information content (AvgIpc) is 3.38. The van der Waals surface area contributed by atoms with E-state index in [9.17, 15) is 4.79 Å². The summed E-state index contributed by atoms with van der Waals surface area (Å²) in [5.41, 5.74) is 1.48. The second-order valence-corrected chi connectivity index (χ2v) is 9.24. The van der Waals surface area contributed by atoms with Crippen LogP contribution < -0.4 is 0 Å². The van der Waals surface area contributed by atoms with Gasteiger partial charge in [0.25, 0.3) is 0 Å². The van der Waals surface area contributed by atoms with Crippen LogP contribution in [-0.4, -0.2) is 88.0 Å². The molecule has 1 unspecified atom stereocenters. The van der Waals surface area contributed by atoms with E-state index < -0.39 is 0 Å². The fourth-order valence-corrected chi connectivity index (χ4v) is 5.60. The lowest BCUT2D eigenvalue weighted by molar-refractivity contribution is 0.0337. The normalized spacial score (nSPS) is 24.1. The maximum Gasteiger partial charge on any atom is 0.320 e. The van der Waals surface area contributed by atoms with Crippen molar-refractivity contribution >= 4 is 6.03 Å². The first kappa shape index (κ1) is 20.5. The molecule has 8 nitrogen and oxygen atoms in total. The van der Waals surface area contributed by atoms with E-state index in [-0.39, 0.29) is 11.4 Å². The van der Waals surface area contributed by atoms with E-state index in [2.05, 4.69) is 50.0 Å². The Morgan fingerprint density at radius 3 is 2.48 bits per heavy atom. The molecule has 166 valence electrons. The Morgan fingerprint density at radius 1 is 1.10 bits per heavy atom. The number of carbonyl (C=O) groups excluding carboxylic acids is 1. The molecular formula is C23H32N6O2. The molecular weight excluding hydrogens is 392 g/mol. The molecule has 0 aliphatic carbocycles. The second kappa shape index (κ2) is 8.59. The molecule has 1 atom stereocenters. The van der Waals surface area contributed by atoms with Gasteiger partial charge in [-0.25, -0.2) is 4.79 Å². The molecule has 5 rings (SSSR count). The Kier molecular flexibility index (Phi) is 5.67. The van der Waals surface area contributed by atoms with Crippen molar-refractivity contribution in [2.24, 2.45) is 12.5 Å². The smallest absolute Gasteiger partial charge is 0.320 e. The highest BCUT2D eigenvalue weighted by Crippen LogP contribution is 2.49. The van der Waals surface area contributed by atoms with Gasteiger partial charge in [0.05, 0.1) is 13.2 Å². The van der Waals surface area contributed by atoms with E-state index in [4.69, 9.17) is 4.74 Å². The highest BCUT2D eigenvalue weighted by Gasteiger charge is 2.50. The van der Waals surface area contributed by atoms with Crippen LogP contribution in [0.15, 0.2) is 36.7 Å². The minimum absolute atomic E-state index is 0.136. The molecule has 3 saturated heterocycles. The molecule has 4 heterocycles. The molecule has 2 aromatic rings. The summed E-state index contributed by atoms with van der Waals surface area (Å²) in [6, 6.07) is 10.9. The minimum atomic E-state index is 0.136. The minimum Gasteiger partial charge on any atom is -0.378 e. The number of hydrogen-bond acceptors (Lipinski definition) is 5. The van der Waals surface area contributed by atoms with Gasteiger partial charge in [0.15, 0.2) is 0 Å². The van der Waals surface area contributed by atoms with E-state index in [1.165, 1.54) is 5.56 Å². The first-order chi connectivity index (χ1) is 15.1. The van der Waals surface area contributed by atoms with Crippen LogP contribution in [0.2, 0.25) is 0 Å². The summed E-state index contributed by atoms with van der Waals surface area (Å²) in [5.74, 6) is 1.41. The van der Waals surface area contributed by atoms with Gasteiger partial charge in [-0.15, -0.1) is 10.2 Å². The summed E-state index contributed by atoms with van der Waals surface area (Å²) in [4.78, 5) is 19.5. The van der Waals surface area contributed by atoms with Crippen LogP contribution in [0.25, 0.3) is 0 Å². The molecule has 0 bridgehead atoms. The third-order valence-corrected chi connectivity index (χ3v) is 7.34. The maximum atomic E-state index is 13.0. The van der Waals surface area contributed by atoms with Crippen molar-refractivity contribution in [3.8, 4) is 0 Å². The third-order valence-electron chi connectivity index (χ3n) is 7.34. The van der Waals surface area contributed by atoms with Crippen LogP contribution in [0.1, 0.15) is 30.1 Å². The third kappa shape index (κ3) is 4.06. The summed E-state index contributed by atoms with van der Waals surface area (Å²) < 4.78 is 7.48. The zero-order valence-corrected chi connectivity index (χ0v) is 18.3. The molecule has 2 amide bonds. The first-order valence-electron chi connectivity index (χ1n) is 11.4. The van der Waals surface area contributed by atoms with E-state index in [1.54, 1.807) is 6.33 Å². The number of likely N-dealkylation sites (tertiary alicyclic amines) is 2. The molecule has 1 aromatic carbocycles. The Bertz CT molecular complexity index is 886. The lowest BCUT2D eigenvalue weighted by Crippen LogP contribution is -2.52. The number of rotatable bonds is 3. The van der Waals surface area contributed by atoms with Gasteiger partial charge in [0.2, 0.25) is 0 Å². The molecule has 31 heavy (non-hydrogen) atoms. The molecule has 8 heteroatoms. The predicted molar refractivity (Wildman–Crippen MR) is 116 cm³/mol. The lowest BCUT2D eigenvalue weighted by atomic mass is 9.70. The molecule has 0 N–H and O–H groups in total. The predicted octanol–water partition coefficient (Wildman–Crippen LogP) is 1.95. The number of morpholine rings is 1. The van der Waals surface area contributed by atoms with E-state index in [0.717, 1.165) is 51.4 Å².